The van der Waals surface area contributed by atoms with Gasteiger partial charge in [-0.05, 0) is 72.8 Å². The summed E-state index contributed by atoms with van der Waals surface area (Å²) in [5.74, 6) is -2.00. The molecule has 0 saturated carbocycles. The molecule has 0 heterocycles. The molecule has 0 unspecified atom stereocenters. The summed E-state index contributed by atoms with van der Waals surface area (Å²) in [5.41, 5.74) is 0.412. The highest BCUT2D eigenvalue weighted by Crippen LogP contribution is 2.38. The molecule has 4 rings (SSSR count). The van der Waals surface area contributed by atoms with Gasteiger partial charge in [0.1, 0.15) is 24.7 Å². The first kappa shape index (κ1) is 31.9. The molecule has 0 saturated heterocycles. The summed E-state index contributed by atoms with van der Waals surface area (Å²) < 4.78 is 21.1. The molecule has 0 amide bonds. The Labute approximate surface area is 262 Å². The van der Waals surface area contributed by atoms with Crippen LogP contribution in [-0.4, -0.2) is 37.1 Å². The third kappa shape index (κ3) is 8.73. The van der Waals surface area contributed by atoms with Crippen LogP contribution in [0.4, 0.5) is 0 Å². The second kappa shape index (κ2) is 16.0. The van der Waals surface area contributed by atoms with E-state index in [0.717, 1.165) is 9.79 Å². The summed E-state index contributed by atoms with van der Waals surface area (Å²) in [7, 11) is 2.96. The zero-order chi connectivity index (χ0) is 31.3. The molecule has 0 aromatic heterocycles. The van der Waals surface area contributed by atoms with Crippen LogP contribution in [-0.2, 0) is 9.47 Å². The Morgan fingerprint density at radius 1 is 0.500 bits per heavy atom. The smallest absolute Gasteiger partial charge is 0.344 e. The Morgan fingerprint density at radius 3 is 1.14 bits per heavy atom. The van der Waals surface area contributed by atoms with E-state index in [1.807, 2.05) is 0 Å². The van der Waals surface area contributed by atoms with Gasteiger partial charge in [-0.3, -0.25) is 0 Å². The maximum atomic E-state index is 12.8. The first-order valence-corrected chi connectivity index (χ1v) is 15.3. The van der Waals surface area contributed by atoms with Gasteiger partial charge in [-0.15, -0.1) is 0 Å². The van der Waals surface area contributed by atoms with Gasteiger partial charge >= 0.3 is 23.9 Å². The average Bonchev–Trinajstić information content (AvgIpc) is 3.06. The van der Waals surface area contributed by atoms with E-state index < -0.39 is 23.9 Å². The lowest BCUT2D eigenvalue weighted by atomic mass is 10.1. The lowest BCUT2D eigenvalue weighted by molar-refractivity contribution is 0.0534. The zero-order valence-electron chi connectivity index (χ0n) is 23.3. The van der Waals surface area contributed by atoms with Crippen LogP contribution in [0.1, 0.15) is 41.4 Å². The molecule has 10 heteroatoms. The van der Waals surface area contributed by atoms with Gasteiger partial charge in [-0.25, -0.2) is 19.2 Å². The van der Waals surface area contributed by atoms with Gasteiger partial charge in [0.2, 0.25) is 0 Å². The van der Waals surface area contributed by atoms with Crippen molar-refractivity contribution in [2.45, 2.75) is 9.79 Å². The Bertz CT molecular complexity index is 1540. The highest BCUT2D eigenvalue weighted by Gasteiger charge is 2.20. The Morgan fingerprint density at radius 2 is 0.818 bits per heavy atom. The van der Waals surface area contributed by atoms with Crippen molar-refractivity contribution >= 4 is 45.5 Å². The van der Waals surface area contributed by atoms with Crippen molar-refractivity contribution in [2.24, 2.45) is 0 Å². The van der Waals surface area contributed by atoms with Crippen molar-refractivity contribution in [3.63, 3.8) is 0 Å². The van der Waals surface area contributed by atoms with Crippen LogP contribution in [0.15, 0.2) is 132 Å². The molecule has 0 radical (unpaired) electrons. The quantitative estimate of drug-likeness (QED) is 0.0637. The van der Waals surface area contributed by atoms with Crippen molar-refractivity contribution in [3.05, 3.63) is 145 Å². The Balaban J connectivity index is 1.31. The fraction of sp³-hybridized carbons (Fsp3) is 0.0588. The summed E-state index contributed by atoms with van der Waals surface area (Å²) >= 11 is 0. The van der Waals surface area contributed by atoms with Crippen molar-refractivity contribution in [3.8, 4) is 11.5 Å². The van der Waals surface area contributed by atoms with Crippen LogP contribution in [0, 0.1) is 0 Å². The standard InChI is InChI=1S/C34H26O8S2/c1-3-21-39-31(35)27-9-5-7-11-29(27)33(37)41-23-13-17-25(18-14-23)43-44-26-19-15-24(16-20-26)42-34(38)30-12-8-6-10-28(30)32(36)40-22-4-2/h3-20H,1-2,21-22H2. The number of hydrogen-bond acceptors (Lipinski definition) is 10. The number of carbonyl (C=O) groups excluding carboxylic acids is 4. The van der Waals surface area contributed by atoms with Crippen molar-refractivity contribution < 1.29 is 38.1 Å². The van der Waals surface area contributed by atoms with Crippen LogP contribution in [0.3, 0.4) is 0 Å². The summed E-state index contributed by atoms with van der Waals surface area (Å²) in [6, 6.07) is 26.4. The molecular formula is C34H26O8S2. The van der Waals surface area contributed by atoms with Gasteiger partial charge in [0.15, 0.2) is 0 Å². The van der Waals surface area contributed by atoms with E-state index in [1.54, 1.807) is 72.8 Å². The third-order valence-corrected chi connectivity index (χ3v) is 8.12. The van der Waals surface area contributed by atoms with E-state index in [4.69, 9.17) is 18.9 Å². The normalized spacial score (nSPS) is 10.3. The van der Waals surface area contributed by atoms with Crippen LogP contribution >= 0.6 is 21.6 Å². The molecule has 0 bridgehead atoms. The number of hydrogen-bond donors (Lipinski definition) is 0. The number of benzene rings is 4. The molecule has 4 aromatic carbocycles. The van der Waals surface area contributed by atoms with Gasteiger partial charge in [-0.2, -0.15) is 0 Å². The average molecular weight is 627 g/mol. The lowest BCUT2D eigenvalue weighted by Crippen LogP contribution is -2.15. The predicted octanol–water partition coefficient (Wildman–Crippen LogP) is 7.61. The molecule has 0 spiro atoms. The molecule has 4 aromatic rings. The van der Waals surface area contributed by atoms with E-state index in [2.05, 4.69) is 13.2 Å². The molecule has 0 atom stereocenters. The van der Waals surface area contributed by atoms with Crippen molar-refractivity contribution in [1.82, 2.24) is 0 Å². The molecule has 222 valence electrons. The lowest BCUT2D eigenvalue weighted by Gasteiger charge is -2.10. The van der Waals surface area contributed by atoms with Crippen LogP contribution < -0.4 is 9.47 Å². The highest BCUT2D eigenvalue weighted by atomic mass is 33.1. The summed E-state index contributed by atoms with van der Waals surface area (Å²) in [5, 5.41) is 0. The molecule has 0 N–H and O–H groups in total. The molecule has 0 fully saturated rings. The largest absolute Gasteiger partial charge is 0.458 e. The van der Waals surface area contributed by atoms with Crippen molar-refractivity contribution in [2.75, 3.05) is 13.2 Å². The van der Waals surface area contributed by atoms with Gasteiger partial charge < -0.3 is 18.9 Å². The van der Waals surface area contributed by atoms with Gasteiger partial charge in [0, 0.05) is 9.79 Å². The second-order valence-electron chi connectivity index (χ2n) is 8.75. The predicted molar refractivity (Wildman–Crippen MR) is 168 cm³/mol. The third-order valence-electron chi connectivity index (χ3n) is 5.70. The minimum atomic E-state index is -0.678. The summed E-state index contributed by atoms with van der Waals surface area (Å²) in [6.45, 7) is 7.08. The van der Waals surface area contributed by atoms with Crippen LogP contribution in [0.25, 0.3) is 0 Å². The van der Waals surface area contributed by atoms with E-state index in [0.29, 0.717) is 11.5 Å². The number of carbonyl (C=O) groups is 4. The number of esters is 4. The van der Waals surface area contributed by atoms with E-state index >= 15 is 0 Å². The maximum Gasteiger partial charge on any atom is 0.344 e. The summed E-state index contributed by atoms with van der Waals surface area (Å²) in [6.07, 6.45) is 2.89. The zero-order valence-corrected chi connectivity index (χ0v) is 24.9. The molecular weight excluding hydrogens is 601 g/mol. The Kier molecular flexibility index (Phi) is 11.6. The molecule has 0 aliphatic rings. The first-order valence-electron chi connectivity index (χ1n) is 13.1. The minimum absolute atomic E-state index is 0.0301. The van der Waals surface area contributed by atoms with E-state index in [1.165, 1.54) is 58.0 Å². The number of rotatable bonds is 13. The van der Waals surface area contributed by atoms with Gasteiger partial charge in [0.05, 0.1) is 22.3 Å². The topological polar surface area (TPSA) is 105 Å². The van der Waals surface area contributed by atoms with Crippen LogP contribution in [0.2, 0.25) is 0 Å². The monoisotopic (exact) mass is 626 g/mol. The highest BCUT2D eigenvalue weighted by molar-refractivity contribution is 8.76. The van der Waals surface area contributed by atoms with E-state index in [-0.39, 0.29) is 35.5 Å². The minimum Gasteiger partial charge on any atom is -0.458 e. The molecule has 0 aliphatic carbocycles. The van der Waals surface area contributed by atoms with Crippen LogP contribution in [0.5, 0.6) is 11.5 Å². The fourth-order valence-electron chi connectivity index (χ4n) is 3.65. The second-order valence-corrected chi connectivity index (χ2v) is 11.0. The molecule has 44 heavy (non-hydrogen) atoms. The number of ether oxygens (including phenoxy) is 4. The molecule has 0 aliphatic heterocycles. The Hall–Kier alpha value is -5.06. The first-order chi connectivity index (χ1) is 21.4. The van der Waals surface area contributed by atoms with Gasteiger partial charge in [-0.1, -0.05) is 71.2 Å². The van der Waals surface area contributed by atoms with Gasteiger partial charge in [0.25, 0.3) is 0 Å². The SMILES string of the molecule is C=CCOC(=O)c1ccccc1C(=O)Oc1ccc(SSc2ccc(OC(=O)c3ccccc3C(=O)OCC=C)cc2)cc1. The maximum absolute atomic E-state index is 12.8. The summed E-state index contributed by atoms with van der Waals surface area (Å²) in [4.78, 5) is 51.9. The van der Waals surface area contributed by atoms with E-state index in [9.17, 15) is 19.2 Å². The van der Waals surface area contributed by atoms with Crippen molar-refractivity contribution in [1.29, 1.82) is 0 Å². The fourth-order valence-corrected chi connectivity index (χ4v) is 5.58. The molecule has 8 nitrogen and oxygen atoms in total.